The minimum atomic E-state index is -0.947. The number of benzene rings is 2. The number of nitrogens with two attached hydrogens (primary N) is 1. The number of nitrogens with one attached hydrogen (secondary N) is 1. The van der Waals surface area contributed by atoms with E-state index in [0.29, 0.717) is 19.4 Å². The Labute approximate surface area is 171 Å². The molecule has 6 heteroatoms. The summed E-state index contributed by atoms with van der Waals surface area (Å²) in [6.07, 6.45) is 1.98. The van der Waals surface area contributed by atoms with Crippen molar-refractivity contribution in [2.75, 3.05) is 6.54 Å². The molecule has 1 fully saturated rings. The number of nitriles is 1. The van der Waals surface area contributed by atoms with Crippen molar-refractivity contribution in [2.24, 2.45) is 5.73 Å². The molecule has 150 valence electrons. The fraction of sp³-hybridized carbons (Fsp3) is 0.348. The van der Waals surface area contributed by atoms with E-state index in [1.807, 2.05) is 60.7 Å². The summed E-state index contributed by atoms with van der Waals surface area (Å²) in [5, 5.41) is 12.2. The van der Waals surface area contributed by atoms with E-state index in [1.165, 1.54) is 4.90 Å². The number of carbonyl (C=O) groups is 2. The first-order valence-corrected chi connectivity index (χ1v) is 9.92. The van der Waals surface area contributed by atoms with Gasteiger partial charge in [0.25, 0.3) is 0 Å². The van der Waals surface area contributed by atoms with Gasteiger partial charge in [-0.3, -0.25) is 9.59 Å². The van der Waals surface area contributed by atoms with Crippen molar-refractivity contribution < 1.29 is 9.59 Å². The van der Waals surface area contributed by atoms with Crippen LogP contribution in [-0.4, -0.2) is 35.3 Å². The van der Waals surface area contributed by atoms with Crippen LogP contribution >= 0.6 is 0 Å². The van der Waals surface area contributed by atoms with Gasteiger partial charge in [-0.05, 0) is 30.4 Å². The third-order valence-corrected chi connectivity index (χ3v) is 5.23. The highest BCUT2D eigenvalue weighted by Gasteiger charge is 2.32. The third-order valence-electron chi connectivity index (χ3n) is 5.23. The zero-order valence-electron chi connectivity index (χ0n) is 16.3. The Balaban J connectivity index is 1.65. The standard InChI is InChI=1S/C23H26N4O2/c24-16-19-12-7-13-27(19)23(29)20(25)15-22(28)26-21(18-10-5-2-6-11-18)14-17-8-3-1-4-9-17/h1-6,8-11,19-21H,7,12-15,25H2,(H,26,28)/t19-,20-,21?/m0/s1. The van der Waals surface area contributed by atoms with E-state index in [4.69, 9.17) is 5.73 Å². The highest BCUT2D eigenvalue weighted by Crippen LogP contribution is 2.20. The quantitative estimate of drug-likeness (QED) is 0.758. The van der Waals surface area contributed by atoms with E-state index in [0.717, 1.165) is 17.5 Å². The van der Waals surface area contributed by atoms with Crippen LogP contribution in [0, 0.1) is 11.3 Å². The molecule has 0 aromatic heterocycles. The molecule has 0 radical (unpaired) electrons. The van der Waals surface area contributed by atoms with E-state index in [-0.39, 0.29) is 24.3 Å². The molecule has 2 aromatic rings. The molecule has 29 heavy (non-hydrogen) atoms. The van der Waals surface area contributed by atoms with Crippen molar-refractivity contribution in [3.63, 3.8) is 0 Å². The number of amides is 2. The Hall–Kier alpha value is -3.17. The van der Waals surface area contributed by atoms with Gasteiger partial charge in [0, 0.05) is 6.54 Å². The van der Waals surface area contributed by atoms with Crippen LogP contribution in [0.25, 0.3) is 0 Å². The predicted molar refractivity (Wildman–Crippen MR) is 110 cm³/mol. The summed E-state index contributed by atoms with van der Waals surface area (Å²) in [6.45, 7) is 0.521. The zero-order valence-corrected chi connectivity index (χ0v) is 16.3. The molecule has 0 spiro atoms. The number of carbonyl (C=O) groups excluding carboxylic acids is 2. The van der Waals surface area contributed by atoms with Crippen LogP contribution < -0.4 is 11.1 Å². The molecule has 0 saturated carbocycles. The van der Waals surface area contributed by atoms with Crippen molar-refractivity contribution in [2.45, 2.75) is 43.8 Å². The van der Waals surface area contributed by atoms with Gasteiger partial charge in [-0.2, -0.15) is 5.26 Å². The first-order chi connectivity index (χ1) is 14.1. The molecule has 1 unspecified atom stereocenters. The van der Waals surface area contributed by atoms with Gasteiger partial charge in [0.2, 0.25) is 11.8 Å². The fourth-order valence-electron chi connectivity index (χ4n) is 3.71. The van der Waals surface area contributed by atoms with Crippen LogP contribution in [0.15, 0.2) is 60.7 Å². The number of rotatable bonds is 7. The van der Waals surface area contributed by atoms with Gasteiger partial charge < -0.3 is 16.0 Å². The van der Waals surface area contributed by atoms with Gasteiger partial charge in [-0.25, -0.2) is 0 Å². The molecule has 2 amide bonds. The normalized spacial score (nSPS) is 17.9. The first kappa shape index (κ1) is 20.6. The largest absolute Gasteiger partial charge is 0.349 e. The van der Waals surface area contributed by atoms with Gasteiger partial charge in [0.05, 0.1) is 24.6 Å². The average molecular weight is 390 g/mol. The summed E-state index contributed by atoms with van der Waals surface area (Å²) in [7, 11) is 0. The Morgan fingerprint density at radius 1 is 1.14 bits per heavy atom. The fourth-order valence-corrected chi connectivity index (χ4v) is 3.71. The summed E-state index contributed by atoms with van der Waals surface area (Å²) < 4.78 is 0. The van der Waals surface area contributed by atoms with E-state index in [2.05, 4.69) is 11.4 Å². The molecule has 1 aliphatic heterocycles. The monoisotopic (exact) mass is 390 g/mol. The number of likely N-dealkylation sites (tertiary alicyclic amines) is 1. The minimum absolute atomic E-state index is 0.106. The van der Waals surface area contributed by atoms with Crippen molar-refractivity contribution in [3.05, 3.63) is 71.8 Å². The Kier molecular flexibility index (Phi) is 6.99. The first-order valence-electron chi connectivity index (χ1n) is 9.92. The summed E-state index contributed by atoms with van der Waals surface area (Å²) in [5.74, 6) is -0.605. The van der Waals surface area contributed by atoms with Crippen LogP contribution in [0.1, 0.15) is 36.4 Å². The van der Waals surface area contributed by atoms with Gasteiger partial charge in [0.1, 0.15) is 6.04 Å². The SMILES string of the molecule is N#C[C@@H]1CCCN1C(=O)[C@@H](N)CC(=O)NC(Cc1ccccc1)c1ccccc1. The molecule has 0 aliphatic carbocycles. The molecule has 2 aromatic carbocycles. The highest BCUT2D eigenvalue weighted by atomic mass is 16.2. The lowest BCUT2D eigenvalue weighted by molar-refractivity contribution is -0.135. The van der Waals surface area contributed by atoms with E-state index >= 15 is 0 Å². The molecular weight excluding hydrogens is 364 g/mol. The Morgan fingerprint density at radius 3 is 2.45 bits per heavy atom. The summed E-state index contributed by atoms with van der Waals surface area (Å²) >= 11 is 0. The topological polar surface area (TPSA) is 99.2 Å². The van der Waals surface area contributed by atoms with Crippen molar-refractivity contribution in [1.82, 2.24) is 10.2 Å². The van der Waals surface area contributed by atoms with E-state index < -0.39 is 12.1 Å². The summed E-state index contributed by atoms with van der Waals surface area (Å²) in [5.41, 5.74) is 8.12. The average Bonchev–Trinajstić information content (AvgIpc) is 3.23. The Morgan fingerprint density at radius 2 is 1.79 bits per heavy atom. The second-order valence-electron chi connectivity index (χ2n) is 7.35. The maximum atomic E-state index is 12.7. The second kappa shape index (κ2) is 9.85. The van der Waals surface area contributed by atoms with E-state index in [9.17, 15) is 14.9 Å². The number of hydrogen-bond donors (Lipinski definition) is 2. The second-order valence-corrected chi connectivity index (χ2v) is 7.35. The lowest BCUT2D eigenvalue weighted by Gasteiger charge is -2.24. The Bertz CT molecular complexity index is 863. The van der Waals surface area contributed by atoms with Crippen molar-refractivity contribution >= 4 is 11.8 Å². The summed E-state index contributed by atoms with van der Waals surface area (Å²) in [4.78, 5) is 26.7. The van der Waals surface area contributed by atoms with Crippen LogP contribution in [0.4, 0.5) is 0 Å². The lowest BCUT2D eigenvalue weighted by Crippen LogP contribution is -2.48. The van der Waals surface area contributed by atoms with Gasteiger partial charge >= 0.3 is 0 Å². The molecular formula is C23H26N4O2. The smallest absolute Gasteiger partial charge is 0.241 e. The summed E-state index contributed by atoms with van der Waals surface area (Å²) in [6, 6.07) is 20.2. The molecule has 3 N–H and O–H groups in total. The molecule has 1 heterocycles. The minimum Gasteiger partial charge on any atom is -0.349 e. The molecule has 0 bridgehead atoms. The van der Waals surface area contributed by atoms with Gasteiger partial charge in [0.15, 0.2) is 0 Å². The molecule has 6 nitrogen and oxygen atoms in total. The van der Waals surface area contributed by atoms with Crippen LogP contribution in [0.5, 0.6) is 0 Å². The maximum absolute atomic E-state index is 12.7. The number of nitrogens with zero attached hydrogens (tertiary/aromatic N) is 2. The van der Waals surface area contributed by atoms with Crippen molar-refractivity contribution in [1.29, 1.82) is 5.26 Å². The van der Waals surface area contributed by atoms with Crippen LogP contribution in [0.3, 0.4) is 0 Å². The van der Waals surface area contributed by atoms with E-state index in [1.54, 1.807) is 0 Å². The van der Waals surface area contributed by atoms with Crippen LogP contribution in [-0.2, 0) is 16.0 Å². The molecule has 3 rings (SSSR count). The third kappa shape index (κ3) is 5.43. The van der Waals surface area contributed by atoms with Crippen LogP contribution in [0.2, 0.25) is 0 Å². The zero-order chi connectivity index (χ0) is 20.6. The van der Waals surface area contributed by atoms with Crippen molar-refractivity contribution in [3.8, 4) is 6.07 Å². The number of hydrogen-bond acceptors (Lipinski definition) is 4. The lowest BCUT2D eigenvalue weighted by atomic mass is 9.98. The maximum Gasteiger partial charge on any atom is 0.241 e. The predicted octanol–water partition coefficient (Wildman–Crippen LogP) is 2.32. The molecule has 3 atom stereocenters. The highest BCUT2D eigenvalue weighted by molar-refractivity contribution is 5.88. The molecule has 1 aliphatic rings. The van der Waals surface area contributed by atoms with Gasteiger partial charge in [-0.15, -0.1) is 0 Å². The molecule has 1 saturated heterocycles. The van der Waals surface area contributed by atoms with Gasteiger partial charge in [-0.1, -0.05) is 60.7 Å².